The highest BCUT2D eigenvalue weighted by atomic mass is 16.4. The quantitative estimate of drug-likeness (QED) is 0.189. The molecule has 0 saturated carbocycles. The van der Waals surface area contributed by atoms with Crippen LogP contribution in [-0.4, -0.2) is 65.3 Å². The minimum absolute atomic E-state index is 0.00628. The largest absolute Gasteiger partial charge is 0.481 e. The minimum Gasteiger partial charge on any atom is -0.481 e. The van der Waals surface area contributed by atoms with Gasteiger partial charge in [-0.15, -0.1) is 0 Å². The summed E-state index contributed by atoms with van der Waals surface area (Å²) in [5.74, 6) is -2.26. The van der Waals surface area contributed by atoms with Crippen molar-refractivity contribution >= 4 is 29.7 Å². The number of amides is 3. The van der Waals surface area contributed by atoms with E-state index in [1.807, 2.05) is 0 Å². The first-order valence-electron chi connectivity index (χ1n) is 9.40. The normalized spacial score (nSPS) is 18.5. The molecular formula is C19H26N6O5. The van der Waals surface area contributed by atoms with Crippen molar-refractivity contribution in [3.8, 4) is 0 Å². The van der Waals surface area contributed by atoms with Crippen LogP contribution < -0.4 is 22.1 Å². The molecule has 1 heterocycles. The van der Waals surface area contributed by atoms with E-state index in [9.17, 15) is 19.2 Å². The number of hydrogen-bond donors (Lipinski definition) is 5. The van der Waals surface area contributed by atoms with Gasteiger partial charge < -0.3 is 32.1 Å². The third kappa shape index (κ3) is 6.19. The van der Waals surface area contributed by atoms with Gasteiger partial charge in [-0.05, 0) is 30.5 Å². The molecule has 3 amide bonds. The zero-order chi connectivity index (χ0) is 22.3. The smallest absolute Gasteiger partial charge is 0.305 e. The average Bonchev–Trinajstić information content (AvgIpc) is 2.69. The molecule has 11 heteroatoms. The second kappa shape index (κ2) is 10.2. The number of nitrogens with two attached hydrogens (primary N) is 2. The van der Waals surface area contributed by atoms with Gasteiger partial charge in [0.25, 0.3) is 5.91 Å². The minimum atomic E-state index is -1.16. The number of aliphatic imine (C=N–C) groups is 1. The Hall–Kier alpha value is -3.63. The molecule has 0 aliphatic carbocycles. The van der Waals surface area contributed by atoms with E-state index in [1.165, 1.54) is 11.9 Å². The molecular weight excluding hydrogens is 392 g/mol. The Bertz CT molecular complexity index is 834. The number of nitrogens with one attached hydrogen (secondary N) is 2. The highest BCUT2D eigenvalue weighted by Crippen LogP contribution is 2.14. The number of hydrogen-bond acceptors (Lipinski definition) is 5. The molecule has 0 unspecified atom stereocenters. The monoisotopic (exact) mass is 418 g/mol. The Morgan fingerprint density at radius 1 is 1.23 bits per heavy atom. The van der Waals surface area contributed by atoms with Crippen molar-refractivity contribution < 1.29 is 24.3 Å². The van der Waals surface area contributed by atoms with Crippen molar-refractivity contribution in [2.24, 2.45) is 16.5 Å². The van der Waals surface area contributed by atoms with Gasteiger partial charge in [-0.3, -0.25) is 19.2 Å². The van der Waals surface area contributed by atoms with E-state index < -0.39 is 36.3 Å². The highest BCUT2D eigenvalue weighted by molar-refractivity contribution is 5.98. The summed E-state index contributed by atoms with van der Waals surface area (Å²) in [5, 5.41) is 14.0. The van der Waals surface area contributed by atoms with Gasteiger partial charge in [0.1, 0.15) is 12.1 Å². The van der Waals surface area contributed by atoms with Gasteiger partial charge >= 0.3 is 5.97 Å². The van der Waals surface area contributed by atoms with Crippen LogP contribution in [0.1, 0.15) is 35.2 Å². The summed E-state index contributed by atoms with van der Waals surface area (Å²) in [6.45, 7) is 0.645. The van der Waals surface area contributed by atoms with Crippen LogP contribution in [0, 0.1) is 0 Å². The van der Waals surface area contributed by atoms with Gasteiger partial charge in [0, 0.05) is 19.2 Å². The van der Waals surface area contributed by atoms with Gasteiger partial charge in [0.15, 0.2) is 5.96 Å². The lowest BCUT2D eigenvalue weighted by atomic mass is 10.0. The number of carbonyl (C=O) groups is 4. The summed E-state index contributed by atoms with van der Waals surface area (Å²) in [6.07, 6.45) is 0.349. The van der Waals surface area contributed by atoms with Crippen molar-refractivity contribution in [1.82, 2.24) is 15.5 Å². The maximum Gasteiger partial charge on any atom is 0.305 e. The lowest BCUT2D eigenvalue weighted by molar-refractivity contribution is -0.151. The summed E-state index contributed by atoms with van der Waals surface area (Å²) in [5.41, 5.74) is 11.9. The zero-order valence-electron chi connectivity index (χ0n) is 16.6. The number of likely N-dealkylation sites (N-methyl/N-ethyl adjacent to an activating group) is 1. The van der Waals surface area contributed by atoms with E-state index in [0.29, 0.717) is 31.5 Å². The van der Waals surface area contributed by atoms with Crippen molar-refractivity contribution in [2.45, 2.75) is 37.9 Å². The first-order valence-corrected chi connectivity index (χ1v) is 9.40. The predicted molar refractivity (Wildman–Crippen MR) is 108 cm³/mol. The summed E-state index contributed by atoms with van der Waals surface area (Å²) >= 11 is 0. The maximum atomic E-state index is 12.2. The van der Waals surface area contributed by atoms with Crippen LogP contribution in [0.15, 0.2) is 29.3 Å². The second-order valence-electron chi connectivity index (χ2n) is 6.96. The third-order valence-electron chi connectivity index (χ3n) is 4.71. The van der Waals surface area contributed by atoms with Crippen LogP contribution in [0.4, 0.5) is 0 Å². The molecule has 1 aromatic carbocycles. The number of guanidine groups is 1. The molecule has 0 radical (unpaired) electrons. The zero-order valence-corrected chi connectivity index (χ0v) is 16.6. The summed E-state index contributed by atoms with van der Waals surface area (Å²) in [6, 6.07) is 5.08. The summed E-state index contributed by atoms with van der Waals surface area (Å²) in [7, 11) is 1.48. The molecule has 1 aromatic rings. The fourth-order valence-corrected chi connectivity index (χ4v) is 3.09. The van der Waals surface area contributed by atoms with Gasteiger partial charge in [-0.2, -0.15) is 0 Å². The van der Waals surface area contributed by atoms with E-state index in [0.717, 1.165) is 5.56 Å². The van der Waals surface area contributed by atoms with Crippen LogP contribution in [0.3, 0.4) is 0 Å². The Morgan fingerprint density at radius 3 is 2.50 bits per heavy atom. The first-order chi connectivity index (χ1) is 14.2. The molecule has 0 aromatic heterocycles. The number of carbonyl (C=O) groups excluding carboxylic acids is 3. The maximum absolute atomic E-state index is 12.2. The number of benzene rings is 1. The molecule has 1 aliphatic heterocycles. The Morgan fingerprint density at radius 2 is 1.90 bits per heavy atom. The van der Waals surface area contributed by atoms with E-state index in [2.05, 4.69) is 15.6 Å². The molecule has 1 saturated heterocycles. The molecule has 2 rings (SSSR count). The van der Waals surface area contributed by atoms with Crippen molar-refractivity contribution in [2.75, 3.05) is 13.6 Å². The van der Waals surface area contributed by atoms with Crippen molar-refractivity contribution in [3.05, 3.63) is 35.4 Å². The fraction of sp³-hybridized carbons (Fsp3) is 0.421. The van der Waals surface area contributed by atoms with Crippen LogP contribution in [-0.2, 0) is 20.9 Å². The molecule has 1 aliphatic rings. The van der Waals surface area contributed by atoms with Crippen molar-refractivity contribution in [3.63, 3.8) is 0 Å². The SMILES string of the molecule is CN1C(=O)[C@H](CC(=O)O)NC(=O)[C@@H]1CCCNC(=O)c1ccc(CN=C(N)N)cc1. The van der Waals surface area contributed by atoms with Gasteiger partial charge in [0.05, 0.1) is 13.0 Å². The molecule has 30 heavy (non-hydrogen) atoms. The third-order valence-corrected chi connectivity index (χ3v) is 4.71. The van der Waals surface area contributed by atoms with Gasteiger partial charge in [-0.1, -0.05) is 12.1 Å². The number of rotatable bonds is 9. The Balaban J connectivity index is 1.79. The highest BCUT2D eigenvalue weighted by Gasteiger charge is 2.38. The number of piperazine rings is 1. The molecule has 0 bridgehead atoms. The molecule has 0 spiro atoms. The van der Waals surface area contributed by atoms with Crippen LogP contribution >= 0.6 is 0 Å². The molecule has 2 atom stereocenters. The van der Waals surface area contributed by atoms with Gasteiger partial charge in [0.2, 0.25) is 11.8 Å². The fourth-order valence-electron chi connectivity index (χ4n) is 3.09. The van der Waals surface area contributed by atoms with E-state index in [4.69, 9.17) is 16.6 Å². The number of nitrogens with zero attached hydrogens (tertiary/aromatic N) is 2. The molecule has 7 N–H and O–H groups in total. The average molecular weight is 418 g/mol. The topological polar surface area (TPSA) is 180 Å². The Kier molecular flexibility index (Phi) is 7.73. The van der Waals surface area contributed by atoms with E-state index in [1.54, 1.807) is 24.3 Å². The van der Waals surface area contributed by atoms with Crippen LogP contribution in [0.2, 0.25) is 0 Å². The second-order valence-corrected chi connectivity index (χ2v) is 6.96. The molecule has 11 nitrogen and oxygen atoms in total. The number of aliphatic carboxylic acids is 1. The van der Waals surface area contributed by atoms with E-state index in [-0.39, 0.29) is 11.9 Å². The summed E-state index contributed by atoms with van der Waals surface area (Å²) < 4.78 is 0. The van der Waals surface area contributed by atoms with Gasteiger partial charge in [-0.25, -0.2) is 4.99 Å². The van der Waals surface area contributed by atoms with Crippen LogP contribution in [0.25, 0.3) is 0 Å². The number of carboxylic acids is 1. The van der Waals surface area contributed by atoms with Crippen molar-refractivity contribution in [1.29, 1.82) is 0 Å². The predicted octanol–water partition coefficient (Wildman–Crippen LogP) is -1.23. The molecule has 162 valence electrons. The molecule has 1 fully saturated rings. The Labute approximate surface area is 173 Å². The first kappa shape index (κ1) is 22.7. The number of carboxylic acid groups (broad SMARTS) is 1. The van der Waals surface area contributed by atoms with E-state index >= 15 is 0 Å². The lowest BCUT2D eigenvalue weighted by Crippen LogP contribution is -2.62. The van der Waals surface area contributed by atoms with Crippen LogP contribution in [0.5, 0.6) is 0 Å². The standard InChI is InChI=1S/C19H26N6O5/c1-25-14(17(29)24-13(18(25)30)9-15(26)27)3-2-8-22-16(28)12-6-4-11(5-7-12)10-23-19(20)21/h4-7,13-14H,2-3,8-10H2,1H3,(H,22,28)(H,24,29)(H,26,27)(H4,20,21,23)/t13-,14-/m0/s1. The lowest BCUT2D eigenvalue weighted by Gasteiger charge is -2.36. The summed E-state index contributed by atoms with van der Waals surface area (Å²) in [4.78, 5) is 52.6.